The van der Waals surface area contributed by atoms with Gasteiger partial charge in [0.2, 0.25) is 0 Å². The summed E-state index contributed by atoms with van der Waals surface area (Å²) in [5.74, 6) is 1.99. The molecule has 0 spiro atoms. The van der Waals surface area contributed by atoms with Crippen molar-refractivity contribution in [3.05, 3.63) is 35.4 Å². The highest BCUT2D eigenvalue weighted by atomic mass is 16.5. The van der Waals surface area contributed by atoms with Crippen LogP contribution in [0, 0.1) is 0 Å². The van der Waals surface area contributed by atoms with Crippen molar-refractivity contribution in [1.82, 2.24) is 15.1 Å². The number of carbonyl (C=O) groups excluding carboxylic acids is 1. The van der Waals surface area contributed by atoms with Crippen LogP contribution in [0.5, 0.6) is 0 Å². The Kier molecular flexibility index (Phi) is 4.48. The first-order valence-corrected chi connectivity index (χ1v) is 8.96. The lowest BCUT2D eigenvalue weighted by molar-refractivity contribution is 0.0791. The minimum Gasteiger partial charge on any atom is -0.469 e. The van der Waals surface area contributed by atoms with Gasteiger partial charge in [0.05, 0.1) is 24.6 Å². The molecule has 0 saturated carbocycles. The van der Waals surface area contributed by atoms with Crippen LogP contribution in [0.2, 0.25) is 0 Å². The van der Waals surface area contributed by atoms with Gasteiger partial charge in [-0.2, -0.15) is 5.10 Å². The minimum atomic E-state index is -0.214. The summed E-state index contributed by atoms with van der Waals surface area (Å²) >= 11 is 0. The van der Waals surface area contributed by atoms with E-state index in [1.807, 2.05) is 19.2 Å². The molecule has 0 unspecified atom stereocenters. The SMILES string of the molecule is Cn1nc([C@H]2CCCOC2)cc1NC(=O)N[C@H]1CCCc2occc21. The van der Waals surface area contributed by atoms with Gasteiger partial charge in [0.1, 0.15) is 11.6 Å². The molecule has 1 fully saturated rings. The Morgan fingerprint density at radius 3 is 3.12 bits per heavy atom. The highest BCUT2D eigenvalue weighted by Gasteiger charge is 2.25. The van der Waals surface area contributed by atoms with E-state index >= 15 is 0 Å². The van der Waals surface area contributed by atoms with E-state index in [9.17, 15) is 4.79 Å². The summed E-state index contributed by atoms with van der Waals surface area (Å²) in [7, 11) is 1.84. The molecule has 25 heavy (non-hydrogen) atoms. The van der Waals surface area contributed by atoms with Crippen LogP contribution in [0.3, 0.4) is 0 Å². The predicted octanol–water partition coefficient (Wildman–Crippen LogP) is 3.11. The van der Waals surface area contributed by atoms with E-state index in [2.05, 4.69) is 15.7 Å². The molecule has 2 amide bonds. The molecule has 7 heteroatoms. The average molecular weight is 344 g/mol. The molecule has 1 aliphatic carbocycles. The van der Waals surface area contributed by atoms with Gasteiger partial charge in [-0.05, 0) is 31.7 Å². The van der Waals surface area contributed by atoms with Crippen LogP contribution in [0.1, 0.15) is 54.7 Å². The molecule has 4 rings (SSSR count). The van der Waals surface area contributed by atoms with Crippen LogP contribution >= 0.6 is 0 Å². The Balaban J connectivity index is 1.41. The average Bonchev–Trinajstić information content (AvgIpc) is 3.23. The van der Waals surface area contributed by atoms with E-state index in [4.69, 9.17) is 9.15 Å². The maximum Gasteiger partial charge on any atom is 0.320 e. The second-order valence-corrected chi connectivity index (χ2v) is 6.83. The van der Waals surface area contributed by atoms with Gasteiger partial charge >= 0.3 is 6.03 Å². The third-order valence-electron chi connectivity index (χ3n) is 5.08. The first kappa shape index (κ1) is 16.2. The first-order valence-electron chi connectivity index (χ1n) is 8.96. The van der Waals surface area contributed by atoms with Gasteiger partial charge in [-0.25, -0.2) is 4.79 Å². The van der Waals surface area contributed by atoms with Crippen molar-refractivity contribution in [2.45, 2.75) is 44.1 Å². The topological polar surface area (TPSA) is 81.3 Å². The van der Waals surface area contributed by atoms with E-state index in [0.29, 0.717) is 18.3 Å². The Hall–Kier alpha value is -2.28. The fourth-order valence-electron chi connectivity index (χ4n) is 3.73. The van der Waals surface area contributed by atoms with Crippen LogP contribution in [-0.2, 0) is 18.2 Å². The molecule has 2 N–H and O–H groups in total. The number of ether oxygens (including phenoxy) is 1. The van der Waals surface area contributed by atoms with Crippen molar-refractivity contribution in [3.63, 3.8) is 0 Å². The normalized spacial score (nSPS) is 23.1. The quantitative estimate of drug-likeness (QED) is 0.896. The largest absolute Gasteiger partial charge is 0.469 e. The molecule has 2 atom stereocenters. The van der Waals surface area contributed by atoms with Crippen molar-refractivity contribution in [1.29, 1.82) is 0 Å². The van der Waals surface area contributed by atoms with Crippen LogP contribution in [0.15, 0.2) is 22.8 Å². The summed E-state index contributed by atoms with van der Waals surface area (Å²) in [6.45, 7) is 1.53. The number of nitrogens with zero attached hydrogens (tertiary/aromatic N) is 2. The van der Waals surface area contributed by atoms with E-state index in [-0.39, 0.29) is 12.1 Å². The van der Waals surface area contributed by atoms with Crippen LogP contribution in [0.4, 0.5) is 10.6 Å². The zero-order chi connectivity index (χ0) is 17.2. The molecule has 1 aliphatic heterocycles. The number of carbonyl (C=O) groups is 1. The zero-order valence-electron chi connectivity index (χ0n) is 14.5. The number of nitrogens with one attached hydrogen (secondary N) is 2. The molecular formula is C18H24N4O3. The molecule has 1 saturated heterocycles. The maximum atomic E-state index is 12.4. The molecule has 134 valence electrons. The third-order valence-corrected chi connectivity index (χ3v) is 5.08. The molecule has 0 aromatic carbocycles. The van der Waals surface area contributed by atoms with Gasteiger partial charge in [0, 0.05) is 37.6 Å². The van der Waals surface area contributed by atoms with Crippen molar-refractivity contribution < 1.29 is 13.9 Å². The van der Waals surface area contributed by atoms with Crippen molar-refractivity contribution in [3.8, 4) is 0 Å². The van der Waals surface area contributed by atoms with Crippen molar-refractivity contribution in [2.24, 2.45) is 7.05 Å². The number of hydrogen-bond acceptors (Lipinski definition) is 4. The Morgan fingerprint density at radius 1 is 1.36 bits per heavy atom. The Bertz CT molecular complexity index is 745. The number of urea groups is 1. The summed E-state index contributed by atoms with van der Waals surface area (Å²) in [6, 6.07) is 3.68. The molecule has 0 radical (unpaired) electrons. The molecule has 7 nitrogen and oxygen atoms in total. The standard InChI is InChI=1S/C18H24N4O3/c1-22-17(10-15(21-22)12-4-3-8-24-11-12)20-18(23)19-14-5-2-6-16-13(14)7-9-25-16/h7,9-10,12,14H,2-6,8,11H2,1H3,(H2,19,20,23)/t12-,14-/m0/s1. The number of rotatable bonds is 3. The highest BCUT2D eigenvalue weighted by molar-refractivity contribution is 5.88. The zero-order valence-corrected chi connectivity index (χ0v) is 14.5. The Labute approximate surface area is 146 Å². The van der Waals surface area contributed by atoms with Gasteiger partial charge in [-0.3, -0.25) is 10.00 Å². The molecular weight excluding hydrogens is 320 g/mol. The van der Waals surface area contributed by atoms with Gasteiger partial charge in [-0.1, -0.05) is 0 Å². The van der Waals surface area contributed by atoms with E-state index < -0.39 is 0 Å². The lowest BCUT2D eigenvalue weighted by Gasteiger charge is -2.22. The van der Waals surface area contributed by atoms with Crippen LogP contribution in [0.25, 0.3) is 0 Å². The summed E-state index contributed by atoms with van der Waals surface area (Å²) in [5, 5.41) is 10.5. The minimum absolute atomic E-state index is 0.00180. The second kappa shape index (κ2) is 6.92. The van der Waals surface area contributed by atoms with Gasteiger partial charge in [0.15, 0.2) is 0 Å². The summed E-state index contributed by atoms with van der Waals surface area (Å²) in [4.78, 5) is 12.4. The second-order valence-electron chi connectivity index (χ2n) is 6.83. The van der Waals surface area contributed by atoms with Crippen molar-refractivity contribution >= 4 is 11.8 Å². The van der Waals surface area contributed by atoms with Gasteiger partial charge in [0.25, 0.3) is 0 Å². The van der Waals surface area contributed by atoms with Gasteiger partial charge in [-0.15, -0.1) is 0 Å². The van der Waals surface area contributed by atoms with E-state index in [1.165, 1.54) is 0 Å². The number of furan rings is 1. The smallest absolute Gasteiger partial charge is 0.320 e. The molecule has 2 aliphatic rings. The van der Waals surface area contributed by atoms with Crippen LogP contribution in [-0.4, -0.2) is 29.0 Å². The van der Waals surface area contributed by atoms with Crippen molar-refractivity contribution in [2.75, 3.05) is 18.5 Å². The number of aromatic nitrogens is 2. The van der Waals surface area contributed by atoms with Crippen LogP contribution < -0.4 is 10.6 Å². The van der Waals surface area contributed by atoms with E-state index in [0.717, 1.165) is 55.7 Å². The maximum absolute atomic E-state index is 12.4. The molecule has 3 heterocycles. The number of aryl methyl sites for hydroxylation is 2. The number of amides is 2. The third kappa shape index (κ3) is 3.42. The summed E-state index contributed by atoms with van der Waals surface area (Å²) < 4.78 is 12.7. The monoisotopic (exact) mass is 344 g/mol. The molecule has 2 aromatic rings. The lowest BCUT2D eigenvalue weighted by atomic mass is 9.93. The summed E-state index contributed by atoms with van der Waals surface area (Å²) in [5.41, 5.74) is 2.07. The van der Waals surface area contributed by atoms with E-state index in [1.54, 1.807) is 10.9 Å². The van der Waals surface area contributed by atoms with Gasteiger partial charge < -0.3 is 14.5 Å². The fourth-order valence-corrected chi connectivity index (χ4v) is 3.73. The first-order chi connectivity index (χ1) is 12.2. The number of fused-ring (bicyclic) bond motifs is 1. The predicted molar refractivity (Wildman–Crippen MR) is 92.5 cm³/mol. The fraction of sp³-hybridized carbons (Fsp3) is 0.556. The Morgan fingerprint density at radius 2 is 2.28 bits per heavy atom. The molecule has 2 aromatic heterocycles. The highest BCUT2D eigenvalue weighted by Crippen LogP contribution is 2.30. The number of anilines is 1. The summed E-state index contributed by atoms with van der Waals surface area (Å²) in [6.07, 6.45) is 6.71. The lowest BCUT2D eigenvalue weighted by Crippen LogP contribution is -2.34. The molecule has 0 bridgehead atoms. The number of hydrogen-bond donors (Lipinski definition) is 2.